The monoisotopic (exact) mass is 326 g/mol. The smallest absolute Gasteiger partial charge is 0.318 e. The molecule has 130 valence electrons. The summed E-state index contributed by atoms with van der Waals surface area (Å²) in [5.41, 5.74) is 3.76. The Labute approximate surface area is 146 Å². The van der Waals surface area contributed by atoms with Gasteiger partial charge < -0.3 is 10.2 Å². The molecule has 3 heteroatoms. The highest BCUT2D eigenvalue weighted by molar-refractivity contribution is 5.74. The molecule has 0 radical (unpaired) electrons. The average molecular weight is 326 g/mol. The van der Waals surface area contributed by atoms with Crippen LogP contribution in [0, 0.1) is 5.92 Å². The average Bonchev–Trinajstić information content (AvgIpc) is 2.58. The Morgan fingerprint density at radius 3 is 2.58 bits per heavy atom. The predicted octanol–water partition coefficient (Wildman–Crippen LogP) is 4.91. The largest absolute Gasteiger partial charge is 0.334 e. The lowest BCUT2D eigenvalue weighted by Gasteiger charge is -2.30. The molecule has 1 aliphatic carbocycles. The number of amides is 2. The third kappa shape index (κ3) is 5.26. The van der Waals surface area contributed by atoms with Crippen LogP contribution in [0.25, 0.3) is 0 Å². The van der Waals surface area contributed by atoms with Crippen LogP contribution < -0.4 is 5.32 Å². The number of urea groups is 1. The molecule has 0 bridgehead atoms. The van der Waals surface area contributed by atoms with Crippen LogP contribution in [0.3, 0.4) is 0 Å². The minimum Gasteiger partial charge on any atom is -0.334 e. The molecule has 0 heterocycles. The van der Waals surface area contributed by atoms with Crippen molar-refractivity contribution < 1.29 is 4.79 Å². The zero-order chi connectivity index (χ0) is 17.5. The molecule has 0 aliphatic heterocycles. The highest BCUT2D eigenvalue weighted by Crippen LogP contribution is 2.28. The summed E-state index contributed by atoms with van der Waals surface area (Å²) < 4.78 is 0. The van der Waals surface area contributed by atoms with Gasteiger partial charge in [-0.2, -0.15) is 0 Å². The number of rotatable bonds is 6. The SMILES string of the molecule is C=C(C)C1CC=C(CN(C(=O)NCc2ccccc2)C(C)C)CC1. The summed E-state index contributed by atoms with van der Waals surface area (Å²) in [6.07, 6.45) is 5.58. The first-order chi connectivity index (χ1) is 11.5. The number of hydrogen-bond donors (Lipinski definition) is 1. The van der Waals surface area contributed by atoms with Gasteiger partial charge in [0.1, 0.15) is 0 Å². The van der Waals surface area contributed by atoms with Crippen LogP contribution in [0.1, 0.15) is 45.6 Å². The van der Waals surface area contributed by atoms with Crippen molar-refractivity contribution in [3.05, 3.63) is 59.7 Å². The van der Waals surface area contributed by atoms with Gasteiger partial charge in [0.05, 0.1) is 0 Å². The van der Waals surface area contributed by atoms with Crippen molar-refractivity contribution in [1.29, 1.82) is 0 Å². The molecule has 0 aromatic heterocycles. The Hall–Kier alpha value is -2.03. The predicted molar refractivity (Wildman–Crippen MR) is 101 cm³/mol. The van der Waals surface area contributed by atoms with Crippen LogP contribution in [0.4, 0.5) is 4.79 Å². The van der Waals surface area contributed by atoms with E-state index in [-0.39, 0.29) is 12.1 Å². The van der Waals surface area contributed by atoms with Gasteiger partial charge in [0.25, 0.3) is 0 Å². The Morgan fingerprint density at radius 1 is 1.33 bits per heavy atom. The van der Waals surface area contributed by atoms with E-state index in [1.165, 1.54) is 11.1 Å². The maximum absolute atomic E-state index is 12.6. The van der Waals surface area contributed by atoms with E-state index in [9.17, 15) is 4.79 Å². The van der Waals surface area contributed by atoms with E-state index in [1.54, 1.807) is 0 Å². The van der Waals surface area contributed by atoms with Crippen molar-refractivity contribution in [2.75, 3.05) is 6.54 Å². The van der Waals surface area contributed by atoms with Crippen molar-refractivity contribution >= 4 is 6.03 Å². The molecule has 0 saturated carbocycles. The van der Waals surface area contributed by atoms with E-state index >= 15 is 0 Å². The third-order valence-corrected chi connectivity index (χ3v) is 4.75. The van der Waals surface area contributed by atoms with E-state index < -0.39 is 0 Å². The summed E-state index contributed by atoms with van der Waals surface area (Å²) >= 11 is 0. The quantitative estimate of drug-likeness (QED) is 0.740. The van der Waals surface area contributed by atoms with Gasteiger partial charge in [-0.05, 0) is 51.5 Å². The first-order valence-electron chi connectivity index (χ1n) is 8.89. The second-order valence-corrected chi connectivity index (χ2v) is 7.05. The highest BCUT2D eigenvalue weighted by atomic mass is 16.2. The topological polar surface area (TPSA) is 32.3 Å². The van der Waals surface area contributed by atoms with E-state index in [4.69, 9.17) is 0 Å². The summed E-state index contributed by atoms with van der Waals surface area (Å²) in [5.74, 6) is 0.605. The lowest BCUT2D eigenvalue weighted by Crippen LogP contribution is -2.44. The van der Waals surface area contributed by atoms with Crippen LogP contribution in [-0.2, 0) is 6.54 Å². The lowest BCUT2D eigenvalue weighted by atomic mass is 9.85. The molecule has 0 saturated heterocycles. The van der Waals surface area contributed by atoms with Crippen LogP contribution in [0.2, 0.25) is 0 Å². The second-order valence-electron chi connectivity index (χ2n) is 7.05. The Balaban J connectivity index is 1.91. The molecule has 1 unspecified atom stereocenters. The van der Waals surface area contributed by atoms with E-state index in [0.717, 1.165) is 31.4 Å². The fourth-order valence-electron chi connectivity index (χ4n) is 3.06. The summed E-state index contributed by atoms with van der Waals surface area (Å²) in [4.78, 5) is 14.5. The summed E-state index contributed by atoms with van der Waals surface area (Å²) in [6, 6.07) is 10.2. The molecule has 2 amide bonds. The molecule has 2 rings (SSSR count). The second kappa shape index (κ2) is 8.72. The van der Waals surface area contributed by atoms with Crippen molar-refractivity contribution in [2.24, 2.45) is 5.92 Å². The van der Waals surface area contributed by atoms with Gasteiger partial charge in [-0.3, -0.25) is 0 Å². The van der Waals surface area contributed by atoms with Gasteiger partial charge in [0.2, 0.25) is 0 Å². The Kier molecular flexibility index (Phi) is 6.65. The van der Waals surface area contributed by atoms with E-state index in [2.05, 4.69) is 38.7 Å². The van der Waals surface area contributed by atoms with Crippen molar-refractivity contribution in [1.82, 2.24) is 10.2 Å². The van der Waals surface area contributed by atoms with Crippen LogP contribution in [0.5, 0.6) is 0 Å². The van der Waals surface area contributed by atoms with Gasteiger partial charge in [-0.25, -0.2) is 4.79 Å². The standard InChI is InChI=1S/C21H30N2O/c1-16(2)20-12-10-19(11-13-20)15-23(17(3)4)21(24)22-14-18-8-6-5-7-9-18/h5-10,17,20H,1,11-15H2,2-4H3,(H,22,24). The third-order valence-electron chi connectivity index (χ3n) is 4.75. The molecule has 0 spiro atoms. The van der Waals surface area contributed by atoms with Gasteiger partial charge in [-0.15, -0.1) is 0 Å². The summed E-state index contributed by atoms with van der Waals surface area (Å²) in [7, 11) is 0. The van der Waals surface area contributed by atoms with Crippen molar-refractivity contribution in [3.8, 4) is 0 Å². The van der Waals surface area contributed by atoms with Gasteiger partial charge in [-0.1, -0.05) is 54.1 Å². The number of nitrogens with zero attached hydrogens (tertiary/aromatic N) is 1. The molecule has 1 atom stereocenters. The fraction of sp³-hybridized carbons (Fsp3) is 0.476. The fourth-order valence-corrected chi connectivity index (χ4v) is 3.06. The number of carbonyl (C=O) groups excluding carboxylic acids is 1. The number of nitrogens with one attached hydrogen (secondary N) is 1. The summed E-state index contributed by atoms with van der Waals surface area (Å²) in [6.45, 7) is 11.6. The van der Waals surface area contributed by atoms with Crippen LogP contribution in [-0.4, -0.2) is 23.5 Å². The van der Waals surface area contributed by atoms with Crippen molar-refractivity contribution in [2.45, 2.75) is 52.6 Å². The van der Waals surface area contributed by atoms with Gasteiger partial charge >= 0.3 is 6.03 Å². The molecule has 0 fully saturated rings. The normalized spacial score (nSPS) is 17.3. The lowest BCUT2D eigenvalue weighted by molar-refractivity contribution is 0.187. The first kappa shape index (κ1) is 18.3. The number of carbonyl (C=O) groups is 1. The van der Waals surface area contributed by atoms with Crippen LogP contribution in [0.15, 0.2) is 54.1 Å². The number of allylic oxidation sites excluding steroid dienone is 2. The van der Waals surface area contributed by atoms with E-state index in [1.807, 2.05) is 35.2 Å². The first-order valence-corrected chi connectivity index (χ1v) is 8.89. The van der Waals surface area contributed by atoms with Crippen LogP contribution >= 0.6 is 0 Å². The Bertz CT molecular complexity index is 589. The molecule has 24 heavy (non-hydrogen) atoms. The molecule has 1 aromatic rings. The molecular formula is C21H30N2O. The highest BCUT2D eigenvalue weighted by Gasteiger charge is 2.21. The molecule has 1 aromatic carbocycles. The zero-order valence-electron chi connectivity index (χ0n) is 15.2. The summed E-state index contributed by atoms with van der Waals surface area (Å²) in [5, 5.41) is 3.04. The van der Waals surface area contributed by atoms with Crippen molar-refractivity contribution in [3.63, 3.8) is 0 Å². The van der Waals surface area contributed by atoms with E-state index in [0.29, 0.717) is 12.5 Å². The minimum absolute atomic E-state index is 0.0109. The number of hydrogen-bond acceptors (Lipinski definition) is 1. The maximum atomic E-state index is 12.6. The van der Waals surface area contributed by atoms with Gasteiger partial charge in [0, 0.05) is 19.1 Å². The number of benzene rings is 1. The maximum Gasteiger partial charge on any atom is 0.318 e. The Morgan fingerprint density at radius 2 is 2.04 bits per heavy atom. The zero-order valence-corrected chi connectivity index (χ0v) is 15.2. The molecular weight excluding hydrogens is 296 g/mol. The molecule has 3 nitrogen and oxygen atoms in total. The molecule has 1 aliphatic rings. The molecule has 1 N–H and O–H groups in total. The van der Waals surface area contributed by atoms with Gasteiger partial charge in [0.15, 0.2) is 0 Å². The minimum atomic E-state index is 0.0109.